The van der Waals surface area contributed by atoms with Gasteiger partial charge in [0.1, 0.15) is 5.75 Å². The first kappa shape index (κ1) is 18.6. The molecule has 7 heteroatoms. The predicted octanol–water partition coefficient (Wildman–Crippen LogP) is 5.26. The number of phenols is 1. The van der Waals surface area contributed by atoms with Crippen LogP contribution < -0.4 is 0 Å². The maximum Gasteiger partial charge on any atom is 0.416 e. The Balaban J connectivity index is 1.75. The fourth-order valence-corrected chi connectivity index (χ4v) is 4.46. The number of carbonyl (C=O) groups excluding carboxylic acids is 1. The van der Waals surface area contributed by atoms with Gasteiger partial charge in [-0.25, -0.2) is 0 Å². The second-order valence-corrected chi connectivity index (χ2v) is 7.62. The van der Waals surface area contributed by atoms with E-state index >= 15 is 0 Å². The zero-order valence-corrected chi connectivity index (χ0v) is 15.4. The minimum atomic E-state index is -4.41. The van der Waals surface area contributed by atoms with Gasteiger partial charge in [-0.05, 0) is 59.3 Å². The molecule has 0 saturated carbocycles. The van der Waals surface area contributed by atoms with E-state index in [1.807, 2.05) is 11.4 Å². The summed E-state index contributed by atoms with van der Waals surface area (Å²) in [5, 5.41) is 11.6. The number of hydrogen-bond acceptors (Lipinski definition) is 3. The number of benzene rings is 2. The van der Waals surface area contributed by atoms with E-state index < -0.39 is 17.8 Å². The van der Waals surface area contributed by atoms with Crippen LogP contribution in [0, 0.1) is 0 Å². The lowest BCUT2D eigenvalue weighted by molar-refractivity contribution is -0.137. The SMILES string of the molecule is O=C(c1cccc(O)c1)N1CCc2sccc2C1c1ccc(C(F)(F)F)cc1. The molecule has 1 unspecified atom stereocenters. The van der Waals surface area contributed by atoms with Crippen LogP contribution in [0.25, 0.3) is 0 Å². The lowest BCUT2D eigenvalue weighted by Crippen LogP contribution is -2.40. The summed E-state index contributed by atoms with van der Waals surface area (Å²) in [6, 6.07) is 12.5. The summed E-state index contributed by atoms with van der Waals surface area (Å²) >= 11 is 1.59. The fourth-order valence-electron chi connectivity index (χ4n) is 3.55. The molecule has 0 aliphatic carbocycles. The summed E-state index contributed by atoms with van der Waals surface area (Å²) in [6.45, 7) is 0.452. The summed E-state index contributed by atoms with van der Waals surface area (Å²) in [5.41, 5.74) is 1.18. The predicted molar refractivity (Wildman–Crippen MR) is 100 cm³/mol. The summed E-state index contributed by atoms with van der Waals surface area (Å²) in [7, 11) is 0. The van der Waals surface area contributed by atoms with Crippen molar-refractivity contribution in [3.8, 4) is 5.75 Å². The highest BCUT2D eigenvalue weighted by atomic mass is 32.1. The number of nitrogens with zero attached hydrogens (tertiary/aromatic N) is 1. The number of rotatable bonds is 2. The number of fused-ring (bicyclic) bond motifs is 1. The quantitative estimate of drug-likeness (QED) is 0.634. The molecule has 0 fully saturated rings. The molecule has 1 N–H and O–H groups in total. The highest BCUT2D eigenvalue weighted by Crippen LogP contribution is 2.39. The number of hydrogen-bond donors (Lipinski definition) is 1. The highest BCUT2D eigenvalue weighted by molar-refractivity contribution is 7.10. The number of phenolic OH excluding ortho intramolecular Hbond substituents is 1. The van der Waals surface area contributed by atoms with Gasteiger partial charge in [-0.1, -0.05) is 18.2 Å². The Bertz CT molecular complexity index is 1010. The molecule has 4 rings (SSSR count). The van der Waals surface area contributed by atoms with Gasteiger partial charge < -0.3 is 10.0 Å². The Morgan fingerprint density at radius 2 is 1.86 bits per heavy atom. The van der Waals surface area contributed by atoms with Crippen LogP contribution in [0.3, 0.4) is 0 Å². The number of alkyl halides is 3. The number of carbonyl (C=O) groups is 1. The monoisotopic (exact) mass is 403 g/mol. The summed E-state index contributed by atoms with van der Waals surface area (Å²) in [6.07, 6.45) is -3.72. The Kier molecular flexibility index (Phi) is 4.63. The van der Waals surface area contributed by atoms with Crippen molar-refractivity contribution in [1.82, 2.24) is 4.90 Å². The van der Waals surface area contributed by atoms with Gasteiger partial charge >= 0.3 is 6.18 Å². The zero-order valence-electron chi connectivity index (χ0n) is 14.6. The van der Waals surface area contributed by atoms with Crippen molar-refractivity contribution < 1.29 is 23.1 Å². The number of thiophene rings is 1. The second-order valence-electron chi connectivity index (χ2n) is 6.62. The molecule has 2 aromatic carbocycles. The third-order valence-electron chi connectivity index (χ3n) is 4.87. The Morgan fingerprint density at radius 1 is 1.11 bits per heavy atom. The molecule has 1 atom stereocenters. The third-order valence-corrected chi connectivity index (χ3v) is 5.87. The molecule has 2 heterocycles. The van der Waals surface area contributed by atoms with Crippen LogP contribution in [-0.4, -0.2) is 22.5 Å². The van der Waals surface area contributed by atoms with Crippen molar-refractivity contribution in [2.24, 2.45) is 0 Å². The van der Waals surface area contributed by atoms with Crippen molar-refractivity contribution in [3.05, 3.63) is 87.1 Å². The van der Waals surface area contributed by atoms with Crippen molar-refractivity contribution in [3.63, 3.8) is 0 Å². The molecule has 0 spiro atoms. The normalized spacial score (nSPS) is 16.7. The van der Waals surface area contributed by atoms with E-state index in [4.69, 9.17) is 0 Å². The van der Waals surface area contributed by atoms with E-state index in [0.717, 1.165) is 22.6 Å². The topological polar surface area (TPSA) is 40.5 Å². The summed E-state index contributed by atoms with van der Waals surface area (Å²) in [4.78, 5) is 15.9. The minimum absolute atomic E-state index is 0.00911. The van der Waals surface area contributed by atoms with Gasteiger partial charge in [0.05, 0.1) is 11.6 Å². The largest absolute Gasteiger partial charge is 0.508 e. The molecule has 3 aromatic rings. The van der Waals surface area contributed by atoms with Gasteiger partial charge in [0.2, 0.25) is 0 Å². The van der Waals surface area contributed by atoms with Crippen LogP contribution >= 0.6 is 11.3 Å². The molecule has 0 radical (unpaired) electrons. The van der Waals surface area contributed by atoms with Crippen LogP contribution in [0.5, 0.6) is 5.75 Å². The maximum atomic E-state index is 13.1. The van der Waals surface area contributed by atoms with E-state index in [1.165, 1.54) is 24.3 Å². The summed E-state index contributed by atoms with van der Waals surface area (Å²) in [5.74, 6) is -0.275. The van der Waals surface area contributed by atoms with Crippen LogP contribution in [-0.2, 0) is 12.6 Å². The van der Waals surface area contributed by atoms with Crippen LogP contribution in [0.1, 0.15) is 38.0 Å². The van der Waals surface area contributed by atoms with E-state index in [9.17, 15) is 23.1 Å². The first-order valence-corrected chi connectivity index (χ1v) is 9.56. The zero-order chi connectivity index (χ0) is 19.9. The number of aromatic hydroxyl groups is 1. The number of amides is 1. The first-order valence-electron chi connectivity index (χ1n) is 8.68. The van der Waals surface area contributed by atoms with Crippen molar-refractivity contribution in [2.45, 2.75) is 18.6 Å². The Hall–Kier alpha value is -2.80. The fraction of sp³-hybridized carbons (Fsp3) is 0.190. The molecule has 144 valence electrons. The third kappa shape index (κ3) is 3.38. The lowest BCUT2D eigenvalue weighted by atomic mass is 9.92. The maximum absolute atomic E-state index is 13.1. The Labute approximate surface area is 163 Å². The van der Waals surface area contributed by atoms with Gasteiger partial charge in [0.15, 0.2) is 0 Å². The molecular formula is C21H16F3NO2S. The molecule has 1 aliphatic heterocycles. The van der Waals surface area contributed by atoms with Gasteiger partial charge in [0, 0.05) is 17.0 Å². The van der Waals surface area contributed by atoms with Crippen LogP contribution in [0.4, 0.5) is 13.2 Å². The molecular weight excluding hydrogens is 387 g/mol. The average Bonchev–Trinajstić information content (AvgIpc) is 3.15. The van der Waals surface area contributed by atoms with Crippen molar-refractivity contribution in [2.75, 3.05) is 6.54 Å². The van der Waals surface area contributed by atoms with E-state index in [1.54, 1.807) is 28.4 Å². The molecule has 3 nitrogen and oxygen atoms in total. The van der Waals surface area contributed by atoms with Gasteiger partial charge in [-0.3, -0.25) is 4.79 Å². The van der Waals surface area contributed by atoms with Gasteiger partial charge in [0.25, 0.3) is 5.91 Å². The van der Waals surface area contributed by atoms with Gasteiger partial charge in [-0.15, -0.1) is 11.3 Å². The average molecular weight is 403 g/mol. The molecule has 1 aromatic heterocycles. The van der Waals surface area contributed by atoms with Gasteiger partial charge in [-0.2, -0.15) is 13.2 Å². The first-order chi connectivity index (χ1) is 13.3. The van der Waals surface area contributed by atoms with E-state index in [2.05, 4.69) is 0 Å². The molecule has 1 amide bonds. The van der Waals surface area contributed by atoms with E-state index in [-0.39, 0.29) is 11.7 Å². The molecule has 0 saturated heterocycles. The second kappa shape index (κ2) is 6.98. The highest BCUT2D eigenvalue weighted by Gasteiger charge is 2.35. The molecule has 28 heavy (non-hydrogen) atoms. The van der Waals surface area contributed by atoms with E-state index in [0.29, 0.717) is 24.1 Å². The van der Waals surface area contributed by atoms with Crippen molar-refractivity contribution >= 4 is 17.2 Å². The minimum Gasteiger partial charge on any atom is -0.508 e. The summed E-state index contributed by atoms with van der Waals surface area (Å²) < 4.78 is 38.8. The standard InChI is InChI=1S/C21H16F3NO2S/c22-21(23,24)15-6-4-13(5-7-15)19-17-9-11-28-18(17)8-10-25(19)20(27)14-2-1-3-16(26)12-14/h1-7,9,11-12,19,26H,8,10H2. The van der Waals surface area contributed by atoms with Crippen LogP contribution in [0.2, 0.25) is 0 Å². The number of halogens is 3. The molecule has 0 bridgehead atoms. The lowest BCUT2D eigenvalue weighted by Gasteiger charge is -2.36. The Morgan fingerprint density at radius 3 is 2.54 bits per heavy atom. The molecule has 1 aliphatic rings. The van der Waals surface area contributed by atoms with Crippen LogP contribution in [0.15, 0.2) is 60.0 Å². The smallest absolute Gasteiger partial charge is 0.416 e. The van der Waals surface area contributed by atoms with Crippen molar-refractivity contribution in [1.29, 1.82) is 0 Å².